The van der Waals surface area contributed by atoms with E-state index in [0.29, 0.717) is 6.04 Å². The minimum Gasteiger partial charge on any atom is -0.655 e. The van der Waals surface area contributed by atoms with Gasteiger partial charge in [0.2, 0.25) is 0 Å². The molecular weight excluding hydrogens is 215 g/mol. The molecule has 0 amide bonds. The fraction of sp³-hybridized carbons (Fsp3) is 0.600. The van der Waals surface area contributed by atoms with Crippen LogP contribution in [0.15, 0.2) is 30.3 Å². The van der Waals surface area contributed by atoms with Crippen LogP contribution in [-0.2, 0) is 0 Å². The molecule has 0 spiro atoms. The van der Waals surface area contributed by atoms with Gasteiger partial charge < -0.3 is 10.2 Å². The van der Waals surface area contributed by atoms with Gasteiger partial charge in [0.15, 0.2) is 0 Å². The zero-order valence-corrected chi connectivity index (χ0v) is 11.8. The fourth-order valence-corrected chi connectivity index (χ4v) is 2.55. The van der Waals surface area contributed by atoms with Gasteiger partial charge in [-0.2, -0.15) is 6.54 Å². The summed E-state index contributed by atoms with van der Waals surface area (Å²) in [5.41, 5.74) is 1.36. The maximum atomic E-state index is 4.75. The second-order valence-corrected chi connectivity index (χ2v) is 4.79. The van der Waals surface area contributed by atoms with Crippen LogP contribution < -0.4 is 18.9 Å². The molecule has 1 aliphatic heterocycles. The molecule has 94 valence electrons. The molecule has 18 heavy (non-hydrogen) atoms. The molecule has 0 aliphatic carbocycles. The minimum atomic E-state index is 0. The number of hydrogen-bond donors (Lipinski definition) is 0. The first kappa shape index (κ1) is 15.8. The smallest absolute Gasteiger partial charge is 0.655 e. The fourth-order valence-electron chi connectivity index (χ4n) is 2.55. The molecule has 1 atom stereocenters. The molecule has 0 N–H and O–H groups in total. The molecule has 1 fully saturated rings. The van der Waals surface area contributed by atoms with Crippen LogP contribution in [0.3, 0.4) is 0 Å². The SMILES string of the molecule is CC[N-][C@@H](CN1CCCCC1)c1ccccc1.[Li+]. The number of likely N-dealkylation sites (tertiary alicyclic amines) is 1. The average Bonchev–Trinajstić information content (AvgIpc) is 2.40. The van der Waals surface area contributed by atoms with Gasteiger partial charge >= 0.3 is 18.9 Å². The van der Waals surface area contributed by atoms with Crippen molar-refractivity contribution in [2.45, 2.75) is 32.2 Å². The van der Waals surface area contributed by atoms with Crippen LogP contribution in [0.4, 0.5) is 0 Å². The topological polar surface area (TPSA) is 17.3 Å². The number of hydrogen-bond acceptors (Lipinski definition) is 1. The predicted molar refractivity (Wildman–Crippen MR) is 73.4 cm³/mol. The number of rotatable bonds is 5. The second kappa shape index (κ2) is 8.77. The number of piperidine rings is 1. The summed E-state index contributed by atoms with van der Waals surface area (Å²) in [6.07, 6.45) is 4.11. The molecule has 0 radical (unpaired) electrons. The average molecular weight is 238 g/mol. The molecule has 3 heteroatoms. The molecule has 0 unspecified atom stereocenters. The van der Waals surface area contributed by atoms with Crippen LogP contribution in [0.5, 0.6) is 0 Å². The Bertz CT molecular complexity index is 310. The summed E-state index contributed by atoms with van der Waals surface area (Å²) in [6, 6.07) is 11.1. The van der Waals surface area contributed by atoms with Crippen LogP contribution in [0.1, 0.15) is 37.8 Å². The summed E-state index contributed by atoms with van der Waals surface area (Å²) < 4.78 is 0. The van der Waals surface area contributed by atoms with E-state index in [4.69, 9.17) is 5.32 Å². The maximum Gasteiger partial charge on any atom is 1.00 e. The van der Waals surface area contributed by atoms with Crippen molar-refractivity contribution < 1.29 is 18.9 Å². The monoisotopic (exact) mass is 238 g/mol. The van der Waals surface area contributed by atoms with E-state index in [1.165, 1.54) is 37.9 Å². The van der Waals surface area contributed by atoms with E-state index in [1.807, 2.05) is 0 Å². The summed E-state index contributed by atoms with van der Waals surface area (Å²) in [5, 5.41) is 4.75. The van der Waals surface area contributed by atoms with Gasteiger partial charge in [0, 0.05) is 0 Å². The number of likely N-dealkylation sites (N-methyl/N-ethyl adjacent to an activating group) is 1. The Labute approximate surface area is 123 Å². The van der Waals surface area contributed by atoms with Crippen LogP contribution in [-0.4, -0.2) is 31.1 Å². The van der Waals surface area contributed by atoms with Gasteiger partial charge in [0.25, 0.3) is 0 Å². The van der Waals surface area contributed by atoms with Crippen molar-refractivity contribution in [1.29, 1.82) is 0 Å². The van der Waals surface area contributed by atoms with Gasteiger partial charge in [-0.3, -0.25) is 0 Å². The number of benzene rings is 1. The Kier molecular flexibility index (Phi) is 7.70. The summed E-state index contributed by atoms with van der Waals surface area (Å²) in [5.74, 6) is 0. The Morgan fingerprint density at radius 1 is 1.11 bits per heavy atom. The minimum absolute atomic E-state index is 0. The zero-order valence-electron chi connectivity index (χ0n) is 11.8. The zero-order chi connectivity index (χ0) is 11.9. The summed E-state index contributed by atoms with van der Waals surface area (Å²) >= 11 is 0. The van der Waals surface area contributed by atoms with E-state index >= 15 is 0 Å². The molecule has 2 nitrogen and oxygen atoms in total. The van der Waals surface area contributed by atoms with Crippen molar-refractivity contribution in [3.63, 3.8) is 0 Å². The van der Waals surface area contributed by atoms with E-state index < -0.39 is 0 Å². The van der Waals surface area contributed by atoms with Crippen molar-refractivity contribution in [3.05, 3.63) is 41.2 Å². The first-order chi connectivity index (χ1) is 8.40. The quantitative estimate of drug-likeness (QED) is 0.687. The van der Waals surface area contributed by atoms with Crippen molar-refractivity contribution in [1.82, 2.24) is 4.90 Å². The molecule has 1 aromatic carbocycles. The van der Waals surface area contributed by atoms with E-state index in [2.05, 4.69) is 42.2 Å². The maximum absolute atomic E-state index is 4.75. The Morgan fingerprint density at radius 2 is 1.78 bits per heavy atom. The van der Waals surface area contributed by atoms with Crippen molar-refractivity contribution in [3.8, 4) is 0 Å². The van der Waals surface area contributed by atoms with E-state index in [-0.39, 0.29) is 18.9 Å². The molecule has 0 aromatic heterocycles. The van der Waals surface area contributed by atoms with E-state index in [1.54, 1.807) is 0 Å². The summed E-state index contributed by atoms with van der Waals surface area (Å²) in [6.45, 7) is 6.64. The van der Waals surface area contributed by atoms with Crippen LogP contribution in [0, 0.1) is 0 Å². The molecule has 1 aliphatic rings. The summed E-state index contributed by atoms with van der Waals surface area (Å²) in [4.78, 5) is 2.57. The molecule has 2 rings (SSSR count). The van der Waals surface area contributed by atoms with Crippen LogP contribution in [0.2, 0.25) is 0 Å². The Balaban J connectivity index is 0.00000162. The standard InChI is InChI=1S/C15H23N2.Li/c1-2-16-15(14-9-5-3-6-10-14)13-17-11-7-4-8-12-17;/h3,5-6,9-10,15H,2,4,7-8,11-13H2,1H3;/q-1;+1/t15-;/m0./s1. The second-order valence-electron chi connectivity index (χ2n) is 4.79. The third-order valence-electron chi connectivity index (χ3n) is 3.47. The van der Waals surface area contributed by atoms with Gasteiger partial charge in [-0.25, -0.2) is 0 Å². The van der Waals surface area contributed by atoms with Crippen LogP contribution >= 0.6 is 0 Å². The third kappa shape index (κ3) is 4.78. The van der Waals surface area contributed by atoms with Gasteiger partial charge in [0.05, 0.1) is 0 Å². The molecule has 1 aromatic rings. The third-order valence-corrected chi connectivity index (χ3v) is 3.47. The predicted octanol–water partition coefficient (Wildman–Crippen LogP) is 0.611. The molecule has 1 heterocycles. The van der Waals surface area contributed by atoms with E-state index in [0.717, 1.165) is 13.1 Å². The molecular formula is C15H23LiN2. The van der Waals surface area contributed by atoms with Gasteiger partial charge in [0.1, 0.15) is 0 Å². The Hall–Kier alpha value is -0.263. The van der Waals surface area contributed by atoms with Gasteiger partial charge in [-0.05, 0) is 32.5 Å². The Morgan fingerprint density at radius 3 is 2.39 bits per heavy atom. The van der Waals surface area contributed by atoms with Gasteiger partial charge in [-0.1, -0.05) is 55.3 Å². The largest absolute Gasteiger partial charge is 1.00 e. The van der Waals surface area contributed by atoms with Crippen LogP contribution in [0.25, 0.3) is 5.32 Å². The normalized spacial score (nSPS) is 18.1. The summed E-state index contributed by atoms with van der Waals surface area (Å²) in [7, 11) is 0. The first-order valence-corrected chi connectivity index (χ1v) is 6.84. The van der Waals surface area contributed by atoms with E-state index in [9.17, 15) is 0 Å². The first-order valence-electron chi connectivity index (χ1n) is 6.84. The molecule has 1 saturated heterocycles. The van der Waals surface area contributed by atoms with Crippen molar-refractivity contribution in [2.24, 2.45) is 0 Å². The van der Waals surface area contributed by atoms with Crippen molar-refractivity contribution in [2.75, 3.05) is 26.2 Å². The van der Waals surface area contributed by atoms with Crippen molar-refractivity contribution >= 4 is 0 Å². The van der Waals surface area contributed by atoms with Gasteiger partial charge in [-0.15, -0.1) is 0 Å². The number of nitrogens with zero attached hydrogens (tertiary/aromatic N) is 2. The molecule has 0 bridgehead atoms. The molecule has 0 saturated carbocycles.